The molecule has 0 bridgehead atoms. The van der Waals surface area contributed by atoms with Gasteiger partial charge in [-0.2, -0.15) is 13.2 Å². The van der Waals surface area contributed by atoms with Gasteiger partial charge in [0.25, 0.3) is 5.91 Å². The molecular formula is C17H16F3N3O4. The Bertz CT molecular complexity index is 838. The van der Waals surface area contributed by atoms with Gasteiger partial charge in [0, 0.05) is 19.3 Å². The summed E-state index contributed by atoms with van der Waals surface area (Å²) in [5, 5.41) is 8.56. The van der Waals surface area contributed by atoms with Gasteiger partial charge >= 0.3 is 12.1 Å². The number of aromatic nitrogens is 2. The van der Waals surface area contributed by atoms with Crippen molar-refractivity contribution < 1.29 is 32.6 Å². The molecule has 0 saturated carbocycles. The van der Waals surface area contributed by atoms with E-state index in [1.165, 1.54) is 37.1 Å². The highest BCUT2D eigenvalue weighted by Gasteiger charge is 2.35. The predicted octanol–water partition coefficient (Wildman–Crippen LogP) is 2.54. The molecular weight excluding hydrogens is 367 g/mol. The van der Waals surface area contributed by atoms with Crippen LogP contribution >= 0.6 is 0 Å². The molecule has 0 aliphatic rings. The van der Waals surface area contributed by atoms with Crippen molar-refractivity contribution in [3.05, 3.63) is 53.1 Å². The number of aliphatic carboxylic acids is 1. The number of hydrogen-bond donors (Lipinski definition) is 1. The van der Waals surface area contributed by atoms with E-state index in [4.69, 9.17) is 9.84 Å². The third-order valence-corrected chi connectivity index (χ3v) is 3.38. The number of nitrogens with zero attached hydrogens (tertiary/aromatic N) is 3. The van der Waals surface area contributed by atoms with Gasteiger partial charge in [0.1, 0.15) is 11.4 Å². The summed E-state index contributed by atoms with van der Waals surface area (Å²) in [6, 6.07) is 7.50. The first-order valence-electron chi connectivity index (χ1n) is 7.68. The maximum atomic E-state index is 12.8. The van der Waals surface area contributed by atoms with E-state index in [0.717, 1.165) is 0 Å². The number of carbonyl (C=O) groups excluding carboxylic acids is 1. The summed E-state index contributed by atoms with van der Waals surface area (Å²) in [5.41, 5.74) is 0.364. The minimum atomic E-state index is -4.74. The summed E-state index contributed by atoms with van der Waals surface area (Å²) < 4.78 is 43.4. The van der Waals surface area contributed by atoms with Crippen LogP contribution in [0.15, 0.2) is 30.3 Å². The van der Waals surface area contributed by atoms with Gasteiger partial charge in [-0.25, -0.2) is 14.8 Å². The SMILES string of the molecule is Cc1cc(C(=O)N(C)Cc2ccc(OCC(=O)O)cc2)nc(C(F)(F)F)n1. The fourth-order valence-corrected chi connectivity index (χ4v) is 2.18. The van der Waals surface area contributed by atoms with Crippen LogP contribution in [0.2, 0.25) is 0 Å². The van der Waals surface area contributed by atoms with Crippen molar-refractivity contribution in [2.45, 2.75) is 19.6 Å². The number of carboxylic acid groups (broad SMARTS) is 1. The molecule has 2 aromatic rings. The van der Waals surface area contributed by atoms with Gasteiger partial charge in [0.2, 0.25) is 5.82 Å². The zero-order chi connectivity index (χ0) is 20.2. The van der Waals surface area contributed by atoms with Gasteiger partial charge < -0.3 is 14.7 Å². The minimum absolute atomic E-state index is 0.0361. The first-order valence-corrected chi connectivity index (χ1v) is 7.68. The zero-order valence-electron chi connectivity index (χ0n) is 14.4. The second-order valence-electron chi connectivity index (χ2n) is 5.70. The molecule has 2 rings (SSSR count). The molecule has 0 saturated heterocycles. The van der Waals surface area contributed by atoms with Gasteiger partial charge in [-0.3, -0.25) is 4.79 Å². The summed E-state index contributed by atoms with van der Waals surface area (Å²) in [5.74, 6) is -2.81. The van der Waals surface area contributed by atoms with Crippen molar-refractivity contribution in [1.82, 2.24) is 14.9 Å². The van der Waals surface area contributed by atoms with Crippen LogP contribution in [-0.2, 0) is 17.5 Å². The van der Waals surface area contributed by atoms with E-state index in [9.17, 15) is 22.8 Å². The molecule has 0 radical (unpaired) electrons. The minimum Gasteiger partial charge on any atom is -0.482 e. The summed E-state index contributed by atoms with van der Waals surface area (Å²) >= 11 is 0. The third kappa shape index (κ3) is 5.66. The number of aryl methyl sites for hydroxylation is 1. The number of benzene rings is 1. The molecule has 1 aromatic carbocycles. The molecule has 0 aliphatic heterocycles. The second kappa shape index (κ2) is 8.02. The summed E-state index contributed by atoms with van der Waals surface area (Å²) in [6.45, 7) is 0.984. The molecule has 1 heterocycles. The fourth-order valence-electron chi connectivity index (χ4n) is 2.18. The number of alkyl halides is 3. The van der Waals surface area contributed by atoms with Crippen molar-refractivity contribution in [3.8, 4) is 5.75 Å². The lowest BCUT2D eigenvalue weighted by Crippen LogP contribution is -2.28. The van der Waals surface area contributed by atoms with E-state index in [1.54, 1.807) is 12.1 Å². The molecule has 0 unspecified atom stereocenters. The maximum Gasteiger partial charge on any atom is 0.451 e. The van der Waals surface area contributed by atoms with E-state index in [2.05, 4.69) is 9.97 Å². The van der Waals surface area contributed by atoms with Crippen LogP contribution in [0.5, 0.6) is 5.75 Å². The normalized spacial score (nSPS) is 11.1. The number of hydrogen-bond acceptors (Lipinski definition) is 5. The fraction of sp³-hybridized carbons (Fsp3) is 0.294. The first kappa shape index (κ1) is 20.1. The van der Waals surface area contributed by atoms with E-state index in [-0.39, 0.29) is 17.9 Å². The quantitative estimate of drug-likeness (QED) is 0.824. The van der Waals surface area contributed by atoms with Crippen molar-refractivity contribution >= 4 is 11.9 Å². The molecule has 27 heavy (non-hydrogen) atoms. The van der Waals surface area contributed by atoms with Gasteiger partial charge in [-0.05, 0) is 30.7 Å². The van der Waals surface area contributed by atoms with Gasteiger partial charge in [-0.15, -0.1) is 0 Å². The number of halogens is 3. The molecule has 1 amide bonds. The summed E-state index contributed by atoms with van der Waals surface area (Å²) in [6.07, 6.45) is -4.74. The van der Waals surface area contributed by atoms with Crippen LogP contribution in [0, 0.1) is 6.92 Å². The average molecular weight is 383 g/mol. The molecule has 0 atom stereocenters. The predicted molar refractivity (Wildman–Crippen MR) is 87.1 cm³/mol. The molecule has 144 valence electrons. The first-order chi connectivity index (χ1) is 12.6. The lowest BCUT2D eigenvalue weighted by molar-refractivity contribution is -0.145. The highest BCUT2D eigenvalue weighted by Crippen LogP contribution is 2.26. The number of rotatable bonds is 6. The Kier molecular flexibility index (Phi) is 5.98. The van der Waals surface area contributed by atoms with Crippen LogP contribution in [-0.4, -0.2) is 45.5 Å². The number of carboxylic acids is 1. The lowest BCUT2D eigenvalue weighted by atomic mass is 10.2. The van der Waals surface area contributed by atoms with Crippen LogP contribution in [0.4, 0.5) is 13.2 Å². The Balaban J connectivity index is 2.09. The highest BCUT2D eigenvalue weighted by molar-refractivity contribution is 5.92. The largest absolute Gasteiger partial charge is 0.482 e. The van der Waals surface area contributed by atoms with Crippen LogP contribution in [0.1, 0.15) is 27.6 Å². The van der Waals surface area contributed by atoms with Crippen molar-refractivity contribution in [3.63, 3.8) is 0 Å². The van der Waals surface area contributed by atoms with Gasteiger partial charge in [0.05, 0.1) is 0 Å². The van der Waals surface area contributed by atoms with E-state index in [0.29, 0.717) is 11.3 Å². The monoisotopic (exact) mass is 383 g/mol. The molecule has 0 aliphatic carbocycles. The Hall–Kier alpha value is -3.17. The summed E-state index contributed by atoms with van der Waals surface area (Å²) in [4.78, 5) is 30.7. The molecule has 1 N–H and O–H groups in total. The number of ether oxygens (including phenoxy) is 1. The van der Waals surface area contributed by atoms with Crippen LogP contribution in [0.25, 0.3) is 0 Å². The molecule has 0 spiro atoms. The highest BCUT2D eigenvalue weighted by atomic mass is 19.4. The number of carbonyl (C=O) groups is 2. The molecule has 10 heteroatoms. The lowest BCUT2D eigenvalue weighted by Gasteiger charge is -2.18. The zero-order valence-corrected chi connectivity index (χ0v) is 14.4. The standard InChI is InChI=1S/C17H16F3N3O4/c1-10-7-13(22-16(21-10)17(18,19)20)15(26)23(2)8-11-3-5-12(6-4-11)27-9-14(24)25/h3-7H,8-9H2,1-2H3,(H,24,25). The van der Waals surface area contributed by atoms with Gasteiger partial charge in [-0.1, -0.05) is 12.1 Å². The Morgan fingerprint density at radius 2 is 1.81 bits per heavy atom. The van der Waals surface area contributed by atoms with Crippen molar-refractivity contribution in [2.24, 2.45) is 0 Å². The second-order valence-corrected chi connectivity index (χ2v) is 5.70. The topological polar surface area (TPSA) is 92.6 Å². The van der Waals surface area contributed by atoms with Crippen LogP contribution in [0.3, 0.4) is 0 Å². The smallest absolute Gasteiger partial charge is 0.451 e. The Labute approximate surface area is 152 Å². The van der Waals surface area contributed by atoms with E-state index >= 15 is 0 Å². The van der Waals surface area contributed by atoms with Gasteiger partial charge in [0.15, 0.2) is 6.61 Å². The Morgan fingerprint density at radius 3 is 2.37 bits per heavy atom. The average Bonchev–Trinajstić information content (AvgIpc) is 2.59. The van der Waals surface area contributed by atoms with Crippen LogP contribution < -0.4 is 4.74 Å². The van der Waals surface area contributed by atoms with Crippen molar-refractivity contribution in [2.75, 3.05) is 13.7 Å². The van der Waals surface area contributed by atoms with E-state index < -0.39 is 30.5 Å². The molecule has 0 fully saturated rings. The Morgan fingerprint density at radius 1 is 1.19 bits per heavy atom. The van der Waals surface area contributed by atoms with Crippen molar-refractivity contribution in [1.29, 1.82) is 0 Å². The summed E-state index contributed by atoms with van der Waals surface area (Å²) in [7, 11) is 1.43. The van der Waals surface area contributed by atoms with E-state index in [1.807, 2.05) is 0 Å². The third-order valence-electron chi connectivity index (χ3n) is 3.38. The molecule has 7 nitrogen and oxygen atoms in total. The number of amides is 1. The molecule has 1 aromatic heterocycles. The maximum absolute atomic E-state index is 12.8.